The Bertz CT molecular complexity index is 758. The van der Waals surface area contributed by atoms with E-state index in [4.69, 9.17) is 0 Å². The first-order chi connectivity index (χ1) is 13.4. The smallest absolute Gasteiger partial charge is 0.222 e. The van der Waals surface area contributed by atoms with E-state index in [0.29, 0.717) is 25.5 Å². The first-order valence-corrected chi connectivity index (χ1v) is 11.4. The van der Waals surface area contributed by atoms with E-state index >= 15 is 0 Å². The molecule has 1 aliphatic rings. The van der Waals surface area contributed by atoms with Crippen molar-refractivity contribution in [2.24, 2.45) is 4.99 Å². The molecule has 8 nitrogen and oxygen atoms in total. The van der Waals surface area contributed by atoms with Gasteiger partial charge in [0.25, 0.3) is 0 Å². The summed E-state index contributed by atoms with van der Waals surface area (Å²) < 4.78 is 26.9. The van der Waals surface area contributed by atoms with E-state index in [1.54, 1.807) is 0 Å². The van der Waals surface area contributed by atoms with E-state index in [1.807, 2.05) is 49.1 Å². The number of hydrogen-bond donors (Lipinski definition) is 3. The van der Waals surface area contributed by atoms with Crippen molar-refractivity contribution in [1.82, 2.24) is 20.3 Å². The van der Waals surface area contributed by atoms with Crippen molar-refractivity contribution in [2.45, 2.75) is 39.3 Å². The molecule has 0 spiro atoms. The van der Waals surface area contributed by atoms with E-state index in [9.17, 15) is 13.2 Å². The fourth-order valence-electron chi connectivity index (χ4n) is 2.98. The molecule has 2 rings (SSSR count). The van der Waals surface area contributed by atoms with E-state index in [-0.39, 0.29) is 54.8 Å². The number of benzene rings is 1. The minimum absolute atomic E-state index is 0. The first-order valence-electron chi connectivity index (χ1n) is 9.77. The van der Waals surface area contributed by atoms with Crippen LogP contribution in [0.15, 0.2) is 35.3 Å². The summed E-state index contributed by atoms with van der Waals surface area (Å²) in [6.45, 7) is 6.31. The summed E-state index contributed by atoms with van der Waals surface area (Å²) >= 11 is 0. The summed E-state index contributed by atoms with van der Waals surface area (Å²) in [6.07, 6.45) is 1.36. The molecule has 3 N–H and O–H groups in total. The van der Waals surface area contributed by atoms with Crippen LogP contribution in [0.1, 0.15) is 32.3 Å². The van der Waals surface area contributed by atoms with E-state index in [2.05, 4.69) is 20.3 Å². The van der Waals surface area contributed by atoms with Gasteiger partial charge in [-0.25, -0.2) is 13.1 Å². The molecule has 1 aromatic carbocycles. The number of nitrogens with zero attached hydrogens (tertiary/aromatic N) is 2. The van der Waals surface area contributed by atoms with Gasteiger partial charge in [0, 0.05) is 38.6 Å². The van der Waals surface area contributed by atoms with Gasteiger partial charge in [0.15, 0.2) is 5.96 Å². The summed E-state index contributed by atoms with van der Waals surface area (Å²) in [4.78, 5) is 18.0. The van der Waals surface area contributed by atoms with Crippen molar-refractivity contribution in [3.05, 3.63) is 35.9 Å². The molecule has 0 bridgehead atoms. The number of halogens is 1. The van der Waals surface area contributed by atoms with Crippen LogP contribution in [0, 0.1) is 0 Å². The third kappa shape index (κ3) is 9.30. The monoisotopic (exact) mass is 537 g/mol. The van der Waals surface area contributed by atoms with Gasteiger partial charge in [0.2, 0.25) is 15.9 Å². The zero-order valence-corrected chi connectivity index (χ0v) is 20.2. The van der Waals surface area contributed by atoms with Crippen LogP contribution in [0.5, 0.6) is 0 Å². The van der Waals surface area contributed by atoms with Crippen LogP contribution >= 0.6 is 24.0 Å². The molecule has 1 amide bonds. The molecular weight excluding hydrogens is 505 g/mol. The quantitative estimate of drug-likeness (QED) is 0.250. The van der Waals surface area contributed by atoms with Crippen molar-refractivity contribution >= 4 is 45.9 Å². The SMILES string of the molecule is CCNC(=NCCS(=O)(=O)NCc1ccccc1)NC1CCN(C(=O)CC)C1.I. The maximum Gasteiger partial charge on any atom is 0.222 e. The van der Waals surface area contributed by atoms with Crippen molar-refractivity contribution < 1.29 is 13.2 Å². The summed E-state index contributed by atoms with van der Waals surface area (Å²) in [7, 11) is -3.41. The number of likely N-dealkylation sites (tertiary alicyclic amines) is 1. The number of rotatable bonds is 9. The number of aliphatic imine (C=N–C) groups is 1. The molecule has 164 valence electrons. The largest absolute Gasteiger partial charge is 0.357 e. The van der Waals surface area contributed by atoms with Crippen LogP contribution < -0.4 is 15.4 Å². The van der Waals surface area contributed by atoms with Gasteiger partial charge in [0.1, 0.15) is 0 Å². The van der Waals surface area contributed by atoms with Crippen LogP contribution in [-0.4, -0.2) is 63.2 Å². The van der Waals surface area contributed by atoms with Gasteiger partial charge >= 0.3 is 0 Å². The van der Waals surface area contributed by atoms with Crippen LogP contribution in [0.2, 0.25) is 0 Å². The molecule has 1 aromatic rings. The van der Waals surface area contributed by atoms with Crippen LogP contribution in [0.3, 0.4) is 0 Å². The fourth-order valence-corrected chi connectivity index (χ4v) is 3.84. The van der Waals surface area contributed by atoms with E-state index in [0.717, 1.165) is 18.5 Å². The lowest BCUT2D eigenvalue weighted by Crippen LogP contribution is -2.45. The number of sulfonamides is 1. The van der Waals surface area contributed by atoms with Gasteiger partial charge in [0.05, 0.1) is 12.3 Å². The standard InChI is InChI=1S/C19H31N5O3S.HI/c1-3-18(25)24-12-10-17(15-24)23-19(20-4-2)21-11-13-28(26,27)22-14-16-8-6-5-7-9-16;/h5-9,17,22H,3-4,10-15H2,1-2H3,(H2,20,21,23);1H. The summed E-state index contributed by atoms with van der Waals surface area (Å²) in [5, 5.41) is 6.43. The van der Waals surface area contributed by atoms with Gasteiger partial charge in [-0.3, -0.25) is 9.79 Å². The summed E-state index contributed by atoms with van der Waals surface area (Å²) in [6, 6.07) is 9.52. The van der Waals surface area contributed by atoms with Crippen molar-refractivity contribution in [3.8, 4) is 0 Å². The normalized spacial score (nSPS) is 17.0. The second-order valence-corrected chi connectivity index (χ2v) is 8.64. The highest BCUT2D eigenvalue weighted by Gasteiger charge is 2.25. The maximum absolute atomic E-state index is 12.2. The highest BCUT2D eigenvalue weighted by atomic mass is 127. The van der Waals surface area contributed by atoms with Crippen LogP contribution in [0.25, 0.3) is 0 Å². The zero-order chi connectivity index (χ0) is 20.4. The lowest BCUT2D eigenvalue weighted by Gasteiger charge is -2.18. The topological polar surface area (TPSA) is 103 Å². The van der Waals surface area contributed by atoms with Gasteiger partial charge in [-0.15, -0.1) is 24.0 Å². The molecule has 1 saturated heterocycles. The molecule has 1 fully saturated rings. The van der Waals surface area contributed by atoms with Gasteiger partial charge in [-0.05, 0) is 18.9 Å². The molecule has 0 saturated carbocycles. The number of carbonyl (C=O) groups is 1. The average Bonchev–Trinajstić information content (AvgIpc) is 3.15. The Morgan fingerprint density at radius 1 is 1.24 bits per heavy atom. The molecule has 29 heavy (non-hydrogen) atoms. The fraction of sp³-hybridized carbons (Fsp3) is 0.579. The minimum Gasteiger partial charge on any atom is -0.357 e. The second kappa shape index (κ2) is 13.0. The van der Waals surface area contributed by atoms with Gasteiger partial charge < -0.3 is 15.5 Å². The number of guanidine groups is 1. The minimum atomic E-state index is -3.41. The zero-order valence-electron chi connectivity index (χ0n) is 17.1. The molecule has 0 aromatic heterocycles. The van der Waals surface area contributed by atoms with Crippen LogP contribution in [0.4, 0.5) is 0 Å². The van der Waals surface area contributed by atoms with Gasteiger partial charge in [-0.1, -0.05) is 37.3 Å². The molecule has 10 heteroatoms. The summed E-state index contributed by atoms with van der Waals surface area (Å²) in [5.41, 5.74) is 0.914. The lowest BCUT2D eigenvalue weighted by atomic mass is 10.2. The molecule has 0 radical (unpaired) electrons. The number of amides is 1. The highest BCUT2D eigenvalue weighted by Crippen LogP contribution is 2.10. The average molecular weight is 537 g/mol. The third-order valence-corrected chi connectivity index (χ3v) is 5.80. The Kier molecular flexibility index (Phi) is 11.5. The Balaban J connectivity index is 0.00000420. The Hall–Kier alpha value is -1.40. The Labute approximate surface area is 191 Å². The molecule has 1 aliphatic heterocycles. The predicted molar refractivity (Wildman–Crippen MR) is 127 cm³/mol. The first kappa shape index (κ1) is 25.6. The second-order valence-electron chi connectivity index (χ2n) is 6.71. The van der Waals surface area contributed by atoms with Crippen LogP contribution in [-0.2, 0) is 21.4 Å². The molecule has 1 unspecified atom stereocenters. The van der Waals surface area contributed by atoms with Crippen molar-refractivity contribution in [1.29, 1.82) is 0 Å². The molecule has 1 heterocycles. The van der Waals surface area contributed by atoms with Crippen molar-refractivity contribution in [2.75, 3.05) is 31.9 Å². The third-order valence-electron chi connectivity index (χ3n) is 4.50. The highest BCUT2D eigenvalue weighted by molar-refractivity contribution is 14.0. The number of nitrogens with one attached hydrogen (secondary N) is 3. The Morgan fingerprint density at radius 3 is 2.62 bits per heavy atom. The van der Waals surface area contributed by atoms with E-state index < -0.39 is 10.0 Å². The number of hydrogen-bond acceptors (Lipinski definition) is 4. The van der Waals surface area contributed by atoms with E-state index in [1.165, 1.54) is 0 Å². The molecule has 1 atom stereocenters. The number of carbonyl (C=O) groups excluding carboxylic acids is 1. The maximum atomic E-state index is 12.2. The lowest BCUT2D eigenvalue weighted by molar-refractivity contribution is -0.129. The van der Waals surface area contributed by atoms with Crippen molar-refractivity contribution in [3.63, 3.8) is 0 Å². The molecule has 0 aliphatic carbocycles. The van der Waals surface area contributed by atoms with Gasteiger partial charge in [-0.2, -0.15) is 0 Å². The Morgan fingerprint density at radius 2 is 1.97 bits per heavy atom. The molecular formula is C19H32IN5O3S. The predicted octanol–water partition coefficient (Wildman–Crippen LogP) is 1.29. The summed E-state index contributed by atoms with van der Waals surface area (Å²) in [5.74, 6) is 0.653.